The van der Waals surface area contributed by atoms with Crippen molar-refractivity contribution < 1.29 is 27.9 Å². The molecule has 1 amide bonds. The van der Waals surface area contributed by atoms with E-state index in [1.54, 1.807) is 0 Å². The summed E-state index contributed by atoms with van der Waals surface area (Å²) < 4.78 is 37.7. The molecule has 1 aromatic carbocycles. The largest absolute Gasteiger partial charge is 0.480 e. The van der Waals surface area contributed by atoms with E-state index < -0.39 is 31.1 Å². The van der Waals surface area contributed by atoms with Crippen molar-refractivity contribution in [2.45, 2.75) is 6.18 Å². The third-order valence-corrected chi connectivity index (χ3v) is 3.72. The van der Waals surface area contributed by atoms with Crippen molar-refractivity contribution >= 4 is 46.1 Å². The fraction of sp³-hybridized carbons (Fsp3) is 0.273. The molecular formula is C11H8ClF3INO3. The van der Waals surface area contributed by atoms with Crippen molar-refractivity contribution in [1.82, 2.24) is 4.90 Å². The zero-order valence-electron chi connectivity index (χ0n) is 9.75. The van der Waals surface area contributed by atoms with Crippen LogP contribution in [0.1, 0.15) is 10.4 Å². The summed E-state index contributed by atoms with van der Waals surface area (Å²) in [6.45, 7) is -2.68. The average molecular weight is 422 g/mol. The third kappa shape index (κ3) is 5.16. The molecule has 110 valence electrons. The van der Waals surface area contributed by atoms with Gasteiger partial charge in [0, 0.05) is 9.13 Å². The summed E-state index contributed by atoms with van der Waals surface area (Å²) in [5.41, 5.74) is -0.0964. The van der Waals surface area contributed by atoms with Gasteiger partial charge < -0.3 is 10.0 Å². The number of carbonyl (C=O) groups excluding carboxylic acids is 1. The van der Waals surface area contributed by atoms with Crippen molar-refractivity contribution in [1.29, 1.82) is 0 Å². The Bertz CT molecular complexity index is 536. The first-order valence-electron chi connectivity index (χ1n) is 5.13. The average Bonchev–Trinajstić information content (AvgIpc) is 2.28. The first-order chi connectivity index (χ1) is 9.10. The fourth-order valence-electron chi connectivity index (χ4n) is 1.39. The molecule has 4 nitrogen and oxygen atoms in total. The van der Waals surface area contributed by atoms with Gasteiger partial charge in [-0.3, -0.25) is 9.59 Å². The number of aliphatic carboxylic acids is 1. The molecule has 0 heterocycles. The Balaban J connectivity index is 3.02. The smallest absolute Gasteiger partial charge is 0.406 e. The van der Waals surface area contributed by atoms with E-state index in [0.29, 0.717) is 3.57 Å². The molecule has 0 atom stereocenters. The molecule has 1 aromatic rings. The maximum Gasteiger partial charge on any atom is 0.406 e. The van der Waals surface area contributed by atoms with Crippen LogP contribution >= 0.6 is 34.2 Å². The van der Waals surface area contributed by atoms with Crippen LogP contribution in [0.3, 0.4) is 0 Å². The van der Waals surface area contributed by atoms with E-state index in [1.165, 1.54) is 18.2 Å². The molecule has 0 spiro atoms. The second kappa shape index (κ2) is 6.61. The minimum atomic E-state index is -4.68. The first kappa shape index (κ1) is 17.0. The van der Waals surface area contributed by atoms with Gasteiger partial charge in [-0.25, -0.2) is 0 Å². The van der Waals surface area contributed by atoms with Gasteiger partial charge in [-0.05, 0) is 40.8 Å². The molecule has 0 saturated heterocycles. The van der Waals surface area contributed by atoms with Crippen molar-refractivity contribution in [3.05, 3.63) is 32.4 Å². The minimum absolute atomic E-state index is 0.0964. The molecule has 20 heavy (non-hydrogen) atoms. The van der Waals surface area contributed by atoms with Crippen molar-refractivity contribution in [2.24, 2.45) is 0 Å². The maximum absolute atomic E-state index is 12.4. The van der Waals surface area contributed by atoms with E-state index >= 15 is 0 Å². The maximum atomic E-state index is 12.4. The lowest BCUT2D eigenvalue weighted by molar-refractivity contribution is -0.149. The topological polar surface area (TPSA) is 57.6 Å². The number of carboxylic acids is 1. The normalized spacial score (nSPS) is 11.2. The van der Waals surface area contributed by atoms with Gasteiger partial charge in [-0.1, -0.05) is 11.6 Å². The summed E-state index contributed by atoms with van der Waals surface area (Å²) in [5, 5.41) is 8.79. The quantitative estimate of drug-likeness (QED) is 0.761. The van der Waals surface area contributed by atoms with Crippen LogP contribution in [0, 0.1) is 3.57 Å². The molecule has 0 unspecified atom stereocenters. The van der Waals surface area contributed by atoms with Gasteiger partial charge in [-0.15, -0.1) is 0 Å². The Kier molecular flexibility index (Phi) is 5.63. The fourth-order valence-corrected chi connectivity index (χ4v) is 1.91. The predicted octanol–water partition coefficient (Wildman–Crippen LogP) is 3.03. The number of benzene rings is 1. The Morgan fingerprint density at radius 2 is 1.95 bits per heavy atom. The Hall–Kier alpha value is -1.03. The van der Waals surface area contributed by atoms with Crippen LogP contribution in [-0.2, 0) is 4.79 Å². The zero-order valence-corrected chi connectivity index (χ0v) is 12.7. The minimum Gasteiger partial charge on any atom is -0.480 e. The van der Waals surface area contributed by atoms with Crippen LogP contribution in [0.25, 0.3) is 0 Å². The highest BCUT2D eigenvalue weighted by molar-refractivity contribution is 14.1. The summed E-state index contributed by atoms with van der Waals surface area (Å²) in [6, 6.07) is 3.96. The van der Waals surface area contributed by atoms with Gasteiger partial charge in [0.2, 0.25) is 0 Å². The number of hydrogen-bond acceptors (Lipinski definition) is 2. The van der Waals surface area contributed by atoms with Crippen LogP contribution in [0.4, 0.5) is 13.2 Å². The first-order valence-corrected chi connectivity index (χ1v) is 6.58. The van der Waals surface area contributed by atoms with Gasteiger partial charge in [0.1, 0.15) is 13.1 Å². The molecule has 0 aliphatic heterocycles. The Morgan fingerprint density at radius 3 is 2.40 bits per heavy atom. The SMILES string of the molecule is O=C(O)CN(CC(F)(F)F)C(=O)c1ccc(I)c(Cl)c1. The zero-order chi connectivity index (χ0) is 15.5. The summed E-state index contributed by atoms with van der Waals surface area (Å²) in [5.74, 6) is -2.57. The summed E-state index contributed by atoms with van der Waals surface area (Å²) >= 11 is 7.68. The molecule has 0 radical (unpaired) electrons. The van der Waals surface area contributed by atoms with E-state index in [4.69, 9.17) is 16.7 Å². The molecule has 1 rings (SSSR count). The number of nitrogens with zero attached hydrogens (tertiary/aromatic N) is 1. The standard InChI is InChI=1S/C11H8ClF3INO3/c12-7-3-6(1-2-8(7)16)10(20)17(4-9(18)19)5-11(13,14)15/h1-3H,4-5H2,(H,18,19). The van der Waals surface area contributed by atoms with Crippen molar-refractivity contribution in [3.63, 3.8) is 0 Å². The lowest BCUT2D eigenvalue weighted by Gasteiger charge is -2.22. The number of carboxylic acid groups (broad SMARTS) is 1. The molecule has 0 saturated carbocycles. The molecular weight excluding hydrogens is 413 g/mol. The number of halogens is 5. The van der Waals surface area contributed by atoms with Crippen LogP contribution in [0.5, 0.6) is 0 Å². The second-order valence-corrected chi connectivity index (χ2v) is 5.37. The van der Waals surface area contributed by atoms with Gasteiger partial charge in [0.05, 0.1) is 5.02 Å². The van der Waals surface area contributed by atoms with Gasteiger partial charge >= 0.3 is 12.1 Å². The predicted molar refractivity (Wildman–Crippen MR) is 73.8 cm³/mol. The highest BCUT2D eigenvalue weighted by Crippen LogP contribution is 2.22. The van der Waals surface area contributed by atoms with Gasteiger partial charge in [0.25, 0.3) is 5.91 Å². The molecule has 0 aromatic heterocycles. The summed E-state index contributed by atoms with van der Waals surface area (Å²) in [6.07, 6.45) is -4.68. The van der Waals surface area contributed by atoms with Crippen LogP contribution in [0.15, 0.2) is 18.2 Å². The van der Waals surface area contributed by atoms with Crippen LogP contribution in [0.2, 0.25) is 5.02 Å². The van der Waals surface area contributed by atoms with E-state index in [1.807, 2.05) is 22.6 Å². The van der Waals surface area contributed by atoms with E-state index in [9.17, 15) is 22.8 Å². The lowest BCUT2D eigenvalue weighted by atomic mass is 10.2. The monoisotopic (exact) mass is 421 g/mol. The second-order valence-electron chi connectivity index (χ2n) is 3.80. The molecule has 9 heteroatoms. The molecule has 0 bridgehead atoms. The summed E-state index contributed by atoms with van der Waals surface area (Å²) in [4.78, 5) is 22.7. The highest BCUT2D eigenvalue weighted by atomic mass is 127. The number of rotatable bonds is 4. The van der Waals surface area contributed by atoms with E-state index in [-0.39, 0.29) is 15.5 Å². The molecule has 0 aliphatic carbocycles. The third-order valence-electron chi connectivity index (χ3n) is 2.15. The van der Waals surface area contributed by atoms with Crippen molar-refractivity contribution in [2.75, 3.05) is 13.1 Å². The van der Waals surface area contributed by atoms with Gasteiger partial charge in [-0.2, -0.15) is 13.2 Å². The van der Waals surface area contributed by atoms with Crippen molar-refractivity contribution in [3.8, 4) is 0 Å². The molecule has 0 aliphatic rings. The lowest BCUT2D eigenvalue weighted by Crippen LogP contribution is -2.42. The number of amides is 1. The van der Waals surface area contributed by atoms with E-state index in [2.05, 4.69) is 0 Å². The van der Waals surface area contributed by atoms with Crippen LogP contribution < -0.4 is 0 Å². The highest BCUT2D eigenvalue weighted by Gasteiger charge is 2.34. The molecule has 1 N–H and O–H groups in total. The Morgan fingerprint density at radius 1 is 1.35 bits per heavy atom. The van der Waals surface area contributed by atoms with E-state index in [0.717, 1.165) is 0 Å². The number of carbonyl (C=O) groups is 2. The molecule has 0 fully saturated rings. The van der Waals surface area contributed by atoms with Crippen LogP contribution in [-0.4, -0.2) is 41.1 Å². The Labute approximate surface area is 130 Å². The summed E-state index contributed by atoms with van der Waals surface area (Å²) in [7, 11) is 0. The number of alkyl halides is 3. The van der Waals surface area contributed by atoms with Gasteiger partial charge in [0.15, 0.2) is 0 Å². The number of hydrogen-bond donors (Lipinski definition) is 1.